The van der Waals surface area contributed by atoms with E-state index in [2.05, 4.69) is 34.9 Å². The van der Waals surface area contributed by atoms with Crippen molar-refractivity contribution < 1.29 is 35.4 Å². The average molecular weight is 695 g/mol. The number of sulfone groups is 1. The summed E-state index contributed by atoms with van der Waals surface area (Å²) in [6.45, 7) is 6.37. The first-order valence-corrected chi connectivity index (χ1v) is 21.4. The zero-order chi connectivity index (χ0) is 34.0. The minimum atomic E-state index is -4.35. The van der Waals surface area contributed by atoms with E-state index in [1.165, 1.54) is 32.0 Å². The van der Waals surface area contributed by atoms with Gasteiger partial charge in [0.05, 0.1) is 31.0 Å². The Morgan fingerprint density at radius 3 is 2.15 bits per heavy atom. The molecule has 250 valence electrons. The molecule has 0 aliphatic rings. The Balaban J connectivity index is 1.97. The number of aryl methyl sites for hydroxylation is 1. The van der Waals surface area contributed by atoms with Crippen LogP contribution >= 0.6 is 0 Å². The first-order chi connectivity index (χ1) is 21.5. The number of nitrogens with zero attached hydrogens (tertiary/aromatic N) is 6. The van der Waals surface area contributed by atoms with Crippen molar-refractivity contribution in [1.29, 1.82) is 0 Å². The Kier molecular flexibility index (Phi) is 10.3. The molecule has 1 atom stereocenters. The van der Waals surface area contributed by atoms with Gasteiger partial charge in [-0.05, 0) is 36.4 Å². The molecule has 4 rings (SSSR count). The highest BCUT2D eigenvalue weighted by molar-refractivity contribution is 7.92. The van der Waals surface area contributed by atoms with E-state index >= 15 is 0 Å². The van der Waals surface area contributed by atoms with Gasteiger partial charge in [-0.15, -0.1) is 10.2 Å². The van der Waals surface area contributed by atoms with Crippen LogP contribution in [-0.4, -0.2) is 89.3 Å². The molecule has 2 heterocycles. The van der Waals surface area contributed by atoms with Crippen LogP contribution < -0.4 is 13.8 Å². The molecule has 0 fully saturated rings. The minimum Gasteiger partial charge on any atom is -0.494 e. The molecular formula is C29H39FN6O7S2Si. The number of ether oxygens (including phenoxy) is 3. The number of benzene rings is 2. The van der Waals surface area contributed by atoms with Crippen LogP contribution in [0.1, 0.15) is 11.7 Å². The quantitative estimate of drug-likeness (QED) is 0.177. The van der Waals surface area contributed by atoms with E-state index in [0.717, 1.165) is 22.7 Å². The Hall–Kier alpha value is -3.80. The van der Waals surface area contributed by atoms with Crippen LogP contribution in [0.25, 0.3) is 17.2 Å². The summed E-state index contributed by atoms with van der Waals surface area (Å²) in [4.78, 5) is -0.359. The molecule has 0 N–H and O–H groups in total. The van der Waals surface area contributed by atoms with Gasteiger partial charge in [0.15, 0.2) is 15.7 Å². The molecule has 0 saturated heterocycles. The molecule has 0 spiro atoms. The Morgan fingerprint density at radius 1 is 0.978 bits per heavy atom. The molecule has 2 aromatic carbocycles. The zero-order valence-corrected chi connectivity index (χ0v) is 29.7. The van der Waals surface area contributed by atoms with Gasteiger partial charge in [0.2, 0.25) is 16.0 Å². The van der Waals surface area contributed by atoms with Gasteiger partial charge < -0.3 is 14.2 Å². The first-order valence-electron chi connectivity index (χ1n) is 14.2. The van der Waals surface area contributed by atoms with Gasteiger partial charge in [-0.25, -0.2) is 25.5 Å². The summed E-state index contributed by atoms with van der Waals surface area (Å²) >= 11 is 0. The lowest BCUT2D eigenvalue weighted by atomic mass is 10.1. The molecule has 4 aromatic rings. The van der Waals surface area contributed by atoms with Crippen molar-refractivity contribution in [2.24, 2.45) is 7.05 Å². The molecular weight excluding hydrogens is 656 g/mol. The van der Waals surface area contributed by atoms with Crippen LogP contribution in [0.15, 0.2) is 53.6 Å². The molecule has 46 heavy (non-hydrogen) atoms. The van der Waals surface area contributed by atoms with Crippen LogP contribution in [0, 0.1) is 5.82 Å². The average Bonchev–Trinajstić information content (AvgIpc) is 3.60. The highest BCUT2D eigenvalue weighted by Gasteiger charge is 2.36. The molecule has 2 aromatic heterocycles. The molecule has 0 saturated carbocycles. The van der Waals surface area contributed by atoms with Crippen LogP contribution in [0.4, 0.5) is 10.3 Å². The van der Waals surface area contributed by atoms with Crippen molar-refractivity contribution in [2.75, 3.05) is 44.2 Å². The van der Waals surface area contributed by atoms with Crippen LogP contribution in [0.2, 0.25) is 25.7 Å². The molecule has 0 bridgehead atoms. The number of para-hydroxylation sites is 1. The lowest BCUT2D eigenvalue weighted by molar-refractivity contribution is 0.119. The van der Waals surface area contributed by atoms with E-state index in [9.17, 15) is 21.2 Å². The largest absolute Gasteiger partial charge is 0.494 e. The molecule has 0 radical (unpaired) electrons. The second-order valence-electron chi connectivity index (χ2n) is 11.9. The fourth-order valence-corrected chi connectivity index (χ4v) is 8.48. The van der Waals surface area contributed by atoms with Gasteiger partial charge in [-0.2, -0.15) is 5.10 Å². The lowest BCUT2D eigenvalue weighted by Gasteiger charge is -2.29. The van der Waals surface area contributed by atoms with Gasteiger partial charge in [-0.3, -0.25) is 9.25 Å². The second kappa shape index (κ2) is 13.5. The van der Waals surface area contributed by atoms with Crippen LogP contribution in [0.5, 0.6) is 11.5 Å². The summed E-state index contributed by atoms with van der Waals surface area (Å²) in [5, 5.41) is 13.3. The van der Waals surface area contributed by atoms with Crippen LogP contribution in [0.3, 0.4) is 0 Å². The molecule has 17 heteroatoms. The van der Waals surface area contributed by atoms with Gasteiger partial charge in [0.25, 0.3) is 0 Å². The van der Waals surface area contributed by atoms with E-state index in [-0.39, 0.29) is 28.8 Å². The maximum atomic E-state index is 14.5. The summed E-state index contributed by atoms with van der Waals surface area (Å²) in [5.41, 5.74) is 0.778. The fraction of sp³-hybridized carbons (Fsp3) is 0.414. The number of methoxy groups -OCH3 is 3. The molecule has 0 aliphatic carbocycles. The van der Waals surface area contributed by atoms with Crippen molar-refractivity contribution in [1.82, 2.24) is 24.5 Å². The first kappa shape index (κ1) is 35.1. The van der Waals surface area contributed by atoms with Gasteiger partial charge in [0, 0.05) is 46.8 Å². The maximum Gasteiger partial charge on any atom is 0.246 e. The topological polar surface area (TPSA) is 148 Å². The second-order valence-corrected chi connectivity index (χ2v) is 21.4. The summed E-state index contributed by atoms with van der Waals surface area (Å²) in [5.74, 6) is -0.567. The smallest absolute Gasteiger partial charge is 0.246 e. The third kappa shape index (κ3) is 7.59. The van der Waals surface area contributed by atoms with E-state index in [0.29, 0.717) is 28.9 Å². The van der Waals surface area contributed by atoms with Crippen molar-refractivity contribution in [2.45, 2.75) is 36.7 Å². The maximum absolute atomic E-state index is 14.5. The number of hydrogen-bond acceptors (Lipinski definition) is 10. The molecule has 1 unspecified atom stereocenters. The van der Waals surface area contributed by atoms with Crippen molar-refractivity contribution in [3.05, 3.63) is 60.0 Å². The SMILES string of the molecule is COc1cccc(OC)c1-n1c(-c2ccn(C)n2)nnc1N(CC[Si](C)(C)C)S(=O)(=O)CC(OC)c1ccc(F)cc1S(C)(=O)=O. The third-order valence-corrected chi connectivity index (χ3v) is 11.8. The number of sulfonamides is 1. The number of rotatable bonds is 14. The summed E-state index contributed by atoms with van der Waals surface area (Å²) in [6, 6.07) is 10.5. The van der Waals surface area contributed by atoms with Crippen molar-refractivity contribution in [3.63, 3.8) is 0 Å². The van der Waals surface area contributed by atoms with Gasteiger partial charge in [0.1, 0.15) is 28.7 Å². The minimum absolute atomic E-state index is 0.0159. The predicted octanol–water partition coefficient (Wildman–Crippen LogP) is 4.09. The highest BCUT2D eigenvalue weighted by atomic mass is 32.2. The number of halogens is 1. The monoisotopic (exact) mass is 694 g/mol. The zero-order valence-electron chi connectivity index (χ0n) is 27.1. The highest BCUT2D eigenvalue weighted by Crippen LogP contribution is 2.39. The summed E-state index contributed by atoms with van der Waals surface area (Å²) in [6.07, 6.45) is 1.38. The number of anilines is 1. The summed E-state index contributed by atoms with van der Waals surface area (Å²) in [7, 11) is -4.17. The van der Waals surface area contributed by atoms with E-state index in [4.69, 9.17) is 14.2 Å². The van der Waals surface area contributed by atoms with Crippen molar-refractivity contribution in [3.8, 4) is 28.7 Å². The third-order valence-electron chi connectivity index (χ3n) is 7.21. The standard InChI is InChI=1S/C29H39FN6O7S2Si/c1-34-15-14-22(33-34)28-31-32-29(36(28)27-23(41-2)10-9-11-24(27)42-3)35(16-17-46(6,7)8)45(39,40)19-25(43-4)21-13-12-20(30)18-26(21)44(5,37)38/h9-15,18,25H,16-17,19H2,1-8H3. The Morgan fingerprint density at radius 2 is 1.63 bits per heavy atom. The normalized spacial score (nSPS) is 13.1. The van der Waals surface area contributed by atoms with Crippen LogP contribution in [-0.2, 0) is 31.6 Å². The van der Waals surface area contributed by atoms with E-state index in [1.54, 1.807) is 42.2 Å². The lowest BCUT2D eigenvalue weighted by Crippen LogP contribution is -2.40. The summed E-state index contributed by atoms with van der Waals surface area (Å²) < 4.78 is 89.6. The number of hydrogen-bond donors (Lipinski definition) is 0. The molecule has 0 aliphatic heterocycles. The van der Waals surface area contributed by atoms with Crippen molar-refractivity contribution >= 4 is 33.9 Å². The van der Waals surface area contributed by atoms with Gasteiger partial charge >= 0.3 is 0 Å². The molecule has 0 amide bonds. The molecule has 13 nitrogen and oxygen atoms in total. The Labute approximate surface area is 269 Å². The van der Waals surface area contributed by atoms with E-state index < -0.39 is 45.6 Å². The number of aromatic nitrogens is 5. The fourth-order valence-electron chi connectivity index (χ4n) is 4.86. The Bertz CT molecular complexity index is 1900. The van der Waals surface area contributed by atoms with Gasteiger partial charge in [-0.1, -0.05) is 31.8 Å². The predicted molar refractivity (Wildman–Crippen MR) is 175 cm³/mol. The van der Waals surface area contributed by atoms with E-state index in [1.807, 2.05) is 0 Å².